The minimum atomic E-state index is 0.119. The van der Waals surface area contributed by atoms with E-state index in [0.29, 0.717) is 18.0 Å². The zero-order valence-electron chi connectivity index (χ0n) is 15.5. The van der Waals surface area contributed by atoms with E-state index in [4.69, 9.17) is 14.2 Å². The number of hydrogen-bond donors (Lipinski definition) is 1. The first kappa shape index (κ1) is 18.6. The highest BCUT2D eigenvalue weighted by Crippen LogP contribution is 2.27. The van der Waals surface area contributed by atoms with Crippen LogP contribution in [-0.2, 0) is 6.54 Å². The molecule has 0 saturated heterocycles. The van der Waals surface area contributed by atoms with Crippen LogP contribution in [-0.4, -0.2) is 26.0 Å². The van der Waals surface area contributed by atoms with Crippen molar-refractivity contribution in [3.63, 3.8) is 0 Å². The Kier molecular flexibility index (Phi) is 6.69. The first-order valence-corrected chi connectivity index (χ1v) is 8.29. The standard InChI is InChI=1S/C20H26N2O3/c1-14(2)25-18-9-7-6-8-17(18)15(3)22-21-13-16-10-11-19(23-4)20(12-16)24-5/h6-12,14,21H,13H2,1-5H3/b22-15+. The van der Waals surface area contributed by atoms with Gasteiger partial charge in [-0.15, -0.1) is 0 Å². The quantitative estimate of drug-likeness (QED) is 0.582. The zero-order valence-corrected chi connectivity index (χ0v) is 15.5. The monoisotopic (exact) mass is 342 g/mol. The van der Waals surface area contributed by atoms with Crippen LogP contribution in [0.1, 0.15) is 31.9 Å². The summed E-state index contributed by atoms with van der Waals surface area (Å²) in [4.78, 5) is 0. The Hall–Kier alpha value is -2.69. The molecular weight excluding hydrogens is 316 g/mol. The van der Waals surface area contributed by atoms with E-state index in [1.165, 1.54) is 0 Å². The van der Waals surface area contributed by atoms with E-state index < -0.39 is 0 Å². The number of ether oxygens (including phenoxy) is 3. The van der Waals surface area contributed by atoms with E-state index in [0.717, 1.165) is 22.6 Å². The molecule has 1 N–H and O–H groups in total. The minimum Gasteiger partial charge on any atom is -0.493 e. The number of methoxy groups -OCH3 is 2. The van der Waals surface area contributed by atoms with Gasteiger partial charge in [-0.05, 0) is 50.6 Å². The first-order valence-electron chi connectivity index (χ1n) is 8.29. The number of rotatable bonds is 8. The van der Waals surface area contributed by atoms with E-state index >= 15 is 0 Å². The van der Waals surface area contributed by atoms with Crippen molar-refractivity contribution in [3.05, 3.63) is 53.6 Å². The maximum atomic E-state index is 5.85. The van der Waals surface area contributed by atoms with Gasteiger partial charge in [0, 0.05) is 5.56 Å². The maximum absolute atomic E-state index is 5.85. The number of hydrogen-bond acceptors (Lipinski definition) is 5. The number of nitrogens with one attached hydrogen (secondary N) is 1. The van der Waals surface area contributed by atoms with Crippen LogP contribution in [0.3, 0.4) is 0 Å². The maximum Gasteiger partial charge on any atom is 0.161 e. The predicted molar refractivity (Wildman–Crippen MR) is 101 cm³/mol. The molecule has 5 nitrogen and oxygen atoms in total. The van der Waals surface area contributed by atoms with Gasteiger partial charge >= 0.3 is 0 Å². The molecular formula is C20H26N2O3. The lowest BCUT2D eigenvalue weighted by atomic mass is 10.1. The fraction of sp³-hybridized carbons (Fsp3) is 0.350. The third-order valence-corrected chi connectivity index (χ3v) is 3.62. The molecule has 2 rings (SSSR count). The van der Waals surface area contributed by atoms with Gasteiger partial charge in [0.1, 0.15) is 5.75 Å². The van der Waals surface area contributed by atoms with Crippen molar-refractivity contribution < 1.29 is 14.2 Å². The minimum absolute atomic E-state index is 0.119. The molecule has 0 heterocycles. The second-order valence-electron chi connectivity index (χ2n) is 5.88. The summed E-state index contributed by atoms with van der Waals surface area (Å²) in [6, 6.07) is 13.7. The molecule has 0 aliphatic heterocycles. The lowest BCUT2D eigenvalue weighted by molar-refractivity contribution is 0.242. The number of benzene rings is 2. The van der Waals surface area contributed by atoms with Crippen molar-refractivity contribution in [2.24, 2.45) is 5.10 Å². The third kappa shape index (κ3) is 5.14. The van der Waals surface area contributed by atoms with E-state index in [9.17, 15) is 0 Å². The van der Waals surface area contributed by atoms with Crippen LogP contribution in [0, 0.1) is 0 Å². The number of para-hydroxylation sites is 1. The summed E-state index contributed by atoms with van der Waals surface area (Å²) >= 11 is 0. The first-order chi connectivity index (χ1) is 12.0. The van der Waals surface area contributed by atoms with Gasteiger partial charge in [0.05, 0.1) is 32.6 Å². The molecule has 0 aliphatic rings. The van der Waals surface area contributed by atoms with Crippen LogP contribution < -0.4 is 19.6 Å². The molecule has 2 aromatic carbocycles. The van der Waals surface area contributed by atoms with Crippen LogP contribution in [0.5, 0.6) is 17.2 Å². The largest absolute Gasteiger partial charge is 0.493 e. The molecule has 0 spiro atoms. The summed E-state index contributed by atoms with van der Waals surface area (Å²) in [5.74, 6) is 2.26. The lowest BCUT2D eigenvalue weighted by Gasteiger charge is -2.14. The van der Waals surface area contributed by atoms with Gasteiger partial charge in [-0.25, -0.2) is 0 Å². The molecule has 0 saturated carbocycles. The van der Waals surface area contributed by atoms with Gasteiger partial charge in [0.25, 0.3) is 0 Å². The molecule has 0 aromatic heterocycles. The van der Waals surface area contributed by atoms with Crippen LogP contribution in [0.15, 0.2) is 47.6 Å². The topological polar surface area (TPSA) is 52.1 Å². The molecule has 0 aliphatic carbocycles. The average Bonchev–Trinajstić information content (AvgIpc) is 2.61. The molecule has 2 aromatic rings. The Bertz CT molecular complexity index is 727. The van der Waals surface area contributed by atoms with Crippen molar-refractivity contribution in [2.75, 3.05) is 14.2 Å². The third-order valence-electron chi connectivity index (χ3n) is 3.62. The highest BCUT2D eigenvalue weighted by Gasteiger charge is 2.08. The Balaban J connectivity index is 2.07. The van der Waals surface area contributed by atoms with Crippen LogP contribution in [0.25, 0.3) is 0 Å². The summed E-state index contributed by atoms with van der Waals surface area (Å²) in [5.41, 5.74) is 6.02. The lowest BCUT2D eigenvalue weighted by Crippen LogP contribution is -2.12. The van der Waals surface area contributed by atoms with E-state index in [1.54, 1.807) is 14.2 Å². The Labute approximate surface area is 149 Å². The molecule has 0 unspecified atom stereocenters. The fourth-order valence-corrected chi connectivity index (χ4v) is 2.42. The smallest absolute Gasteiger partial charge is 0.161 e. The van der Waals surface area contributed by atoms with Gasteiger partial charge in [0.2, 0.25) is 0 Å². The highest BCUT2D eigenvalue weighted by atomic mass is 16.5. The highest BCUT2D eigenvalue weighted by molar-refractivity contribution is 6.00. The number of hydrazone groups is 1. The van der Waals surface area contributed by atoms with Crippen molar-refractivity contribution >= 4 is 5.71 Å². The van der Waals surface area contributed by atoms with Crippen molar-refractivity contribution in [2.45, 2.75) is 33.4 Å². The molecule has 5 heteroatoms. The van der Waals surface area contributed by atoms with Crippen LogP contribution in [0.2, 0.25) is 0 Å². The van der Waals surface area contributed by atoms with Gasteiger partial charge in [-0.2, -0.15) is 5.10 Å². The molecule has 0 radical (unpaired) electrons. The van der Waals surface area contributed by atoms with E-state index in [1.807, 2.05) is 63.2 Å². The average molecular weight is 342 g/mol. The van der Waals surface area contributed by atoms with E-state index in [-0.39, 0.29) is 6.10 Å². The Morgan fingerprint density at radius 2 is 1.72 bits per heavy atom. The molecule has 0 bridgehead atoms. The molecule has 134 valence electrons. The summed E-state index contributed by atoms with van der Waals surface area (Å²) in [7, 11) is 3.25. The molecule has 0 fully saturated rings. The van der Waals surface area contributed by atoms with E-state index in [2.05, 4.69) is 10.5 Å². The number of nitrogens with zero attached hydrogens (tertiary/aromatic N) is 1. The summed E-state index contributed by atoms with van der Waals surface area (Å²) in [5, 5.41) is 4.47. The second kappa shape index (κ2) is 8.97. The molecule has 0 atom stereocenters. The van der Waals surface area contributed by atoms with Crippen LogP contribution >= 0.6 is 0 Å². The Morgan fingerprint density at radius 3 is 2.40 bits per heavy atom. The van der Waals surface area contributed by atoms with Crippen molar-refractivity contribution in [1.82, 2.24) is 5.43 Å². The predicted octanol–water partition coefficient (Wildman–Crippen LogP) is 4.00. The molecule has 0 amide bonds. The van der Waals surface area contributed by atoms with Crippen molar-refractivity contribution in [3.8, 4) is 17.2 Å². The zero-order chi connectivity index (χ0) is 18.2. The van der Waals surface area contributed by atoms with Gasteiger partial charge < -0.3 is 19.6 Å². The fourth-order valence-electron chi connectivity index (χ4n) is 2.42. The van der Waals surface area contributed by atoms with Crippen molar-refractivity contribution in [1.29, 1.82) is 0 Å². The summed E-state index contributed by atoms with van der Waals surface area (Å²) < 4.78 is 16.4. The molecule has 25 heavy (non-hydrogen) atoms. The second-order valence-corrected chi connectivity index (χ2v) is 5.88. The SMILES string of the molecule is COc1ccc(CN/N=C(\C)c2ccccc2OC(C)C)cc1OC. The Morgan fingerprint density at radius 1 is 1.00 bits per heavy atom. The van der Waals surface area contributed by atoms with Crippen LogP contribution in [0.4, 0.5) is 0 Å². The van der Waals surface area contributed by atoms with Gasteiger partial charge in [-0.1, -0.05) is 18.2 Å². The van der Waals surface area contributed by atoms with Gasteiger partial charge in [-0.3, -0.25) is 0 Å². The summed E-state index contributed by atoms with van der Waals surface area (Å²) in [6.07, 6.45) is 0.119. The summed E-state index contributed by atoms with van der Waals surface area (Å²) in [6.45, 7) is 6.58. The normalized spacial score (nSPS) is 11.4. The van der Waals surface area contributed by atoms with Gasteiger partial charge in [0.15, 0.2) is 11.5 Å².